The Hall–Kier alpha value is 0.620. The molecule has 1 unspecified atom stereocenters. The number of thiophene rings is 1. The van der Waals surface area contributed by atoms with Gasteiger partial charge in [-0.3, -0.25) is 4.90 Å². The smallest absolute Gasteiger partial charge is 0.0701 e. The van der Waals surface area contributed by atoms with E-state index in [2.05, 4.69) is 62.7 Å². The molecule has 1 aliphatic heterocycles. The molecule has 0 radical (unpaired) electrons. The molecular weight excluding hydrogens is 338 g/mol. The summed E-state index contributed by atoms with van der Waals surface area (Å²) < 4.78 is 1.23. The number of hydrogen-bond donors (Lipinski definition) is 0. The molecule has 0 amide bonds. The van der Waals surface area contributed by atoms with Gasteiger partial charge in [0.15, 0.2) is 0 Å². The van der Waals surface area contributed by atoms with Gasteiger partial charge in [0.25, 0.3) is 0 Å². The van der Waals surface area contributed by atoms with Crippen molar-refractivity contribution in [3.63, 3.8) is 0 Å². The van der Waals surface area contributed by atoms with Gasteiger partial charge in [-0.2, -0.15) is 0 Å². The normalized spacial score (nSPS) is 26.0. The minimum Gasteiger partial charge on any atom is -0.292 e. The van der Waals surface area contributed by atoms with E-state index < -0.39 is 0 Å². The molecule has 1 aromatic rings. The molecule has 15 heavy (non-hydrogen) atoms. The van der Waals surface area contributed by atoms with Gasteiger partial charge in [-0.05, 0) is 48.3 Å². The number of alkyl halides is 1. The highest BCUT2D eigenvalue weighted by Gasteiger charge is 2.39. The molecule has 0 saturated carbocycles. The topological polar surface area (TPSA) is 3.24 Å². The van der Waals surface area contributed by atoms with Crippen molar-refractivity contribution in [3.05, 3.63) is 20.8 Å². The number of likely N-dealkylation sites (tertiary alicyclic amines) is 1. The molecule has 0 bridgehead atoms. The standard InChI is InChI=1S/C11H15Br2NS/c1-11(2)9(12)5-6-14(11)7-8-3-4-10(13)15-8/h3-4,9H,5-7H2,1-2H3. The van der Waals surface area contributed by atoms with Crippen molar-refractivity contribution >= 4 is 43.2 Å². The van der Waals surface area contributed by atoms with Gasteiger partial charge in [0.2, 0.25) is 0 Å². The Balaban J connectivity index is 2.07. The van der Waals surface area contributed by atoms with Crippen LogP contribution in [-0.2, 0) is 6.54 Å². The Bertz CT molecular complexity index is 348. The second kappa shape index (κ2) is 4.47. The van der Waals surface area contributed by atoms with Crippen LogP contribution in [-0.4, -0.2) is 21.8 Å². The minimum atomic E-state index is 0.274. The van der Waals surface area contributed by atoms with Crippen molar-refractivity contribution in [2.75, 3.05) is 6.54 Å². The molecule has 0 spiro atoms. The number of nitrogens with zero attached hydrogens (tertiary/aromatic N) is 1. The average Bonchev–Trinajstić information content (AvgIpc) is 2.66. The Morgan fingerprint density at radius 3 is 2.73 bits per heavy atom. The van der Waals surface area contributed by atoms with Gasteiger partial charge in [0.05, 0.1) is 3.79 Å². The largest absolute Gasteiger partial charge is 0.292 e. The fourth-order valence-electron chi connectivity index (χ4n) is 2.02. The van der Waals surface area contributed by atoms with Crippen molar-refractivity contribution in [2.24, 2.45) is 0 Å². The first kappa shape index (κ1) is 12.1. The predicted molar refractivity (Wildman–Crippen MR) is 73.8 cm³/mol. The van der Waals surface area contributed by atoms with Crippen LogP contribution >= 0.6 is 43.2 Å². The molecule has 1 aliphatic rings. The monoisotopic (exact) mass is 351 g/mol. The Morgan fingerprint density at radius 2 is 2.27 bits per heavy atom. The summed E-state index contributed by atoms with van der Waals surface area (Å²) in [5, 5.41) is 0. The summed E-state index contributed by atoms with van der Waals surface area (Å²) in [5.74, 6) is 0. The molecule has 1 aromatic heterocycles. The van der Waals surface area contributed by atoms with Crippen LogP contribution in [0.1, 0.15) is 25.1 Å². The molecular formula is C11H15Br2NS. The lowest BCUT2D eigenvalue weighted by Gasteiger charge is -2.33. The summed E-state index contributed by atoms with van der Waals surface area (Å²) in [5.41, 5.74) is 0.274. The highest BCUT2D eigenvalue weighted by molar-refractivity contribution is 9.11. The maximum atomic E-state index is 3.77. The van der Waals surface area contributed by atoms with Crippen LogP contribution in [0.2, 0.25) is 0 Å². The minimum absolute atomic E-state index is 0.274. The van der Waals surface area contributed by atoms with Crippen molar-refractivity contribution in [1.82, 2.24) is 4.90 Å². The predicted octanol–water partition coefficient (Wildman–Crippen LogP) is 4.26. The van der Waals surface area contributed by atoms with E-state index >= 15 is 0 Å². The first-order valence-electron chi connectivity index (χ1n) is 5.13. The summed E-state index contributed by atoms with van der Waals surface area (Å²) in [6.07, 6.45) is 1.25. The van der Waals surface area contributed by atoms with Gasteiger partial charge in [0, 0.05) is 28.3 Å². The van der Waals surface area contributed by atoms with Crippen molar-refractivity contribution in [1.29, 1.82) is 0 Å². The summed E-state index contributed by atoms with van der Waals surface area (Å²) >= 11 is 9.12. The SMILES string of the molecule is CC1(C)C(Br)CCN1Cc1ccc(Br)s1. The van der Waals surface area contributed by atoms with Crippen LogP contribution < -0.4 is 0 Å². The number of hydrogen-bond acceptors (Lipinski definition) is 2. The summed E-state index contributed by atoms with van der Waals surface area (Å²) in [6.45, 7) is 6.91. The summed E-state index contributed by atoms with van der Waals surface area (Å²) in [4.78, 5) is 4.62. The fourth-order valence-corrected chi connectivity index (χ4v) is 4.01. The molecule has 1 atom stereocenters. The first-order valence-corrected chi connectivity index (χ1v) is 7.66. The highest BCUT2D eigenvalue weighted by Crippen LogP contribution is 2.36. The van der Waals surface area contributed by atoms with E-state index in [4.69, 9.17) is 0 Å². The fraction of sp³-hybridized carbons (Fsp3) is 0.636. The molecule has 1 nitrogen and oxygen atoms in total. The van der Waals surface area contributed by atoms with E-state index in [-0.39, 0.29) is 5.54 Å². The van der Waals surface area contributed by atoms with E-state index in [0.717, 1.165) is 6.54 Å². The molecule has 1 fully saturated rings. The highest BCUT2D eigenvalue weighted by atomic mass is 79.9. The molecule has 0 N–H and O–H groups in total. The van der Waals surface area contributed by atoms with Crippen LogP contribution in [0.5, 0.6) is 0 Å². The molecule has 84 valence electrons. The third-order valence-electron chi connectivity index (χ3n) is 3.21. The van der Waals surface area contributed by atoms with Gasteiger partial charge in [0.1, 0.15) is 0 Å². The van der Waals surface area contributed by atoms with E-state index in [1.165, 1.54) is 21.6 Å². The Morgan fingerprint density at radius 1 is 1.53 bits per heavy atom. The quantitative estimate of drug-likeness (QED) is 0.719. The zero-order chi connectivity index (χ0) is 11.1. The van der Waals surface area contributed by atoms with Crippen LogP contribution in [0.25, 0.3) is 0 Å². The second-order valence-electron chi connectivity index (χ2n) is 4.54. The van der Waals surface area contributed by atoms with Gasteiger partial charge in [-0.25, -0.2) is 0 Å². The first-order chi connectivity index (χ1) is 7.00. The van der Waals surface area contributed by atoms with Crippen molar-refractivity contribution in [3.8, 4) is 0 Å². The van der Waals surface area contributed by atoms with Crippen molar-refractivity contribution in [2.45, 2.75) is 37.2 Å². The van der Waals surface area contributed by atoms with Crippen LogP contribution in [0.15, 0.2) is 15.9 Å². The Labute approximate surface area is 112 Å². The zero-order valence-corrected chi connectivity index (χ0v) is 13.0. The van der Waals surface area contributed by atoms with Gasteiger partial charge >= 0.3 is 0 Å². The third kappa shape index (κ3) is 2.48. The molecule has 1 saturated heterocycles. The van der Waals surface area contributed by atoms with E-state index in [0.29, 0.717) is 4.83 Å². The second-order valence-corrected chi connectivity index (χ2v) is 8.19. The molecule has 0 aromatic carbocycles. The lowest BCUT2D eigenvalue weighted by molar-refractivity contribution is 0.172. The van der Waals surface area contributed by atoms with E-state index in [1.807, 2.05) is 11.3 Å². The van der Waals surface area contributed by atoms with Crippen LogP contribution in [0.4, 0.5) is 0 Å². The average molecular weight is 353 g/mol. The molecule has 2 rings (SSSR count). The van der Waals surface area contributed by atoms with Gasteiger partial charge in [-0.1, -0.05) is 15.9 Å². The molecule has 0 aliphatic carbocycles. The van der Waals surface area contributed by atoms with Gasteiger partial charge < -0.3 is 0 Å². The van der Waals surface area contributed by atoms with E-state index in [1.54, 1.807) is 0 Å². The zero-order valence-electron chi connectivity index (χ0n) is 8.96. The number of halogens is 2. The summed E-state index contributed by atoms with van der Waals surface area (Å²) in [6, 6.07) is 4.35. The van der Waals surface area contributed by atoms with Gasteiger partial charge in [-0.15, -0.1) is 11.3 Å². The lowest BCUT2D eigenvalue weighted by atomic mass is 10.0. The Kier molecular flexibility index (Phi) is 3.61. The van der Waals surface area contributed by atoms with Crippen LogP contribution in [0.3, 0.4) is 0 Å². The van der Waals surface area contributed by atoms with E-state index in [9.17, 15) is 0 Å². The number of rotatable bonds is 2. The maximum absolute atomic E-state index is 3.77. The third-order valence-corrected chi connectivity index (χ3v) is 6.40. The lowest BCUT2D eigenvalue weighted by Crippen LogP contribution is -2.42. The van der Waals surface area contributed by atoms with Crippen molar-refractivity contribution < 1.29 is 0 Å². The molecule has 4 heteroatoms. The maximum Gasteiger partial charge on any atom is 0.0701 e. The van der Waals surface area contributed by atoms with Crippen LogP contribution in [0, 0.1) is 0 Å². The summed E-state index contributed by atoms with van der Waals surface area (Å²) in [7, 11) is 0. The molecule has 2 heterocycles.